The second-order valence-electron chi connectivity index (χ2n) is 13.4. The number of hydrogen-bond acceptors (Lipinski definition) is 4. The first-order valence-corrected chi connectivity index (χ1v) is 17.6. The number of nitrogens with one attached hydrogen (secondary N) is 2. The quantitative estimate of drug-likeness (QED) is 0.165. The minimum Gasteiger partial charge on any atom is -0.334 e. The van der Waals surface area contributed by atoms with E-state index in [4.69, 9.17) is 0 Å². The molecule has 2 aliphatic rings. The van der Waals surface area contributed by atoms with Crippen LogP contribution >= 0.6 is 0 Å². The van der Waals surface area contributed by atoms with Gasteiger partial charge in [-0.2, -0.15) is 10.2 Å². The lowest BCUT2D eigenvalue weighted by atomic mass is 10.0. The molecule has 2 fully saturated rings. The van der Waals surface area contributed by atoms with Gasteiger partial charge in [-0.25, -0.2) is 0 Å². The van der Waals surface area contributed by atoms with Crippen molar-refractivity contribution in [1.29, 1.82) is 0 Å². The van der Waals surface area contributed by atoms with Crippen LogP contribution in [0.3, 0.4) is 0 Å². The van der Waals surface area contributed by atoms with Gasteiger partial charge in [-0.1, -0.05) is 109 Å². The van der Waals surface area contributed by atoms with Crippen LogP contribution in [0.2, 0.25) is 0 Å². The van der Waals surface area contributed by atoms with Crippen molar-refractivity contribution in [2.75, 3.05) is 13.1 Å². The molecule has 2 aromatic heterocycles. The Morgan fingerprint density at radius 3 is 1.32 bits per heavy atom. The normalized spacial score (nSPS) is 17.4. The number of aromatic amines is 2. The molecule has 2 unspecified atom stereocenters. The summed E-state index contributed by atoms with van der Waals surface area (Å²) in [5.74, 6) is 0.314. The summed E-state index contributed by atoms with van der Waals surface area (Å²) in [6.45, 7) is 1.55. The van der Waals surface area contributed by atoms with Crippen LogP contribution in [0, 0.1) is 0 Å². The summed E-state index contributed by atoms with van der Waals surface area (Å²) < 4.78 is 0. The number of aromatic nitrogens is 4. The lowest BCUT2D eigenvalue weighted by Crippen LogP contribution is -2.32. The number of carbonyl (C=O) groups is 2. The highest BCUT2D eigenvalue weighted by atomic mass is 16.2. The summed E-state index contributed by atoms with van der Waals surface area (Å²) in [7, 11) is 0. The predicted molar refractivity (Wildman–Crippen MR) is 195 cm³/mol. The summed E-state index contributed by atoms with van der Waals surface area (Å²) in [5.41, 5.74) is 10.1. The van der Waals surface area contributed by atoms with E-state index in [1.165, 1.54) is 0 Å². The number of rotatable bonds is 9. The van der Waals surface area contributed by atoms with Gasteiger partial charge in [0, 0.05) is 24.2 Å². The highest BCUT2D eigenvalue weighted by molar-refractivity contribution is 5.80. The Balaban J connectivity index is 0.910. The minimum atomic E-state index is 0.0232. The second-order valence-corrected chi connectivity index (χ2v) is 13.4. The van der Waals surface area contributed by atoms with Crippen molar-refractivity contribution in [3.63, 3.8) is 0 Å². The Kier molecular flexibility index (Phi) is 8.82. The van der Waals surface area contributed by atoms with E-state index in [0.29, 0.717) is 12.8 Å². The Bertz CT molecular complexity index is 1920. The first kappa shape index (κ1) is 31.5. The van der Waals surface area contributed by atoms with Crippen LogP contribution in [0.1, 0.15) is 60.3 Å². The van der Waals surface area contributed by atoms with Crippen LogP contribution in [0.15, 0.2) is 121 Å². The van der Waals surface area contributed by atoms with E-state index < -0.39 is 0 Å². The molecule has 250 valence electrons. The zero-order chi connectivity index (χ0) is 33.9. The van der Waals surface area contributed by atoms with Crippen LogP contribution in [0.25, 0.3) is 33.6 Å². The van der Waals surface area contributed by atoms with E-state index >= 15 is 0 Å². The number of amides is 2. The zero-order valence-electron chi connectivity index (χ0n) is 28.0. The molecule has 0 radical (unpaired) electrons. The molecule has 8 rings (SSSR count). The highest BCUT2D eigenvalue weighted by Gasteiger charge is 2.32. The Morgan fingerprint density at radius 1 is 0.540 bits per heavy atom. The lowest BCUT2D eigenvalue weighted by Gasteiger charge is -2.23. The van der Waals surface area contributed by atoms with Gasteiger partial charge >= 0.3 is 0 Å². The Hall–Kier alpha value is -5.76. The van der Waals surface area contributed by atoms with Gasteiger partial charge in [0.2, 0.25) is 11.8 Å². The number of nitrogens with zero attached hydrogens (tertiary/aromatic N) is 4. The molecular weight excluding hydrogens is 621 g/mol. The van der Waals surface area contributed by atoms with Crippen LogP contribution in [-0.4, -0.2) is 55.1 Å². The molecule has 6 aromatic rings. The first-order valence-electron chi connectivity index (χ1n) is 17.6. The SMILES string of the molecule is O=C(Cc1ccccc1)N1CCCC1c1cc(-c2ccc(-c3ccc(-c4cc(C5CCCN5C(=O)Cc5ccccc5)[nH]n4)cc3)cc2)n[nH]1. The maximum Gasteiger partial charge on any atom is 0.227 e. The van der Waals surface area contributed by atoms with Crippen LogP contribution in [-0.2, 0) is 22.4 Å². The first-order chi connectivity index (χ1) is 24.6. The minimum absolute atomic E-state index is 0.0232. The van der Waals surface area contributed by atoms with E-state index in [2.05, 4.69) is 81.1 Å². The fourth-order valence-electron chi connectivity index (χ4n) is 7.50. The molecule has 2 amide bonds. The summed E-state index contributed by atoms with van der Waals surface area (Å²) in [5, 5.41) is 15.7. The molecular formula is C42H40N6O2. The smallest absolute Gasteiger partial charge is 0.227 e. The van der Waals surface area contributed by atoms with Gasteiger partial charge in [0.1, 0.15) is 0 Å². The maximum absolute atomic E-state index is 13.2. The molecule has 2 N–H and O–H groups in total. The van der Waals surface area contributed by atoms with Gasteiger partial charge in [-0.3, -0.25) is 19.8 Å². The Morgan fingerprint density at radius 2 is 0.920 bits per heavy atom. The topological polar surface area (TPSA) is 98.0 Å². The third-order valence-corrected chi connectivity index (χ3v) is 10.2. The predicted octanol–water partition coefficient (Wildman–Crippen LogP) is 7.95. The molecule has 4 aromatic carbocycles. The standard InChI is InChI=1S/C42H40N6O2/c49-41(25-29-9-3-1-4-10-29)47-23-7-13-39(47)37-27-35(43-45-37)33-19-15-31(16-20-33)32-17-21-34(22-18-32)36-28-38(46-44-36)40-14-8-24-48(40)42(50)26-30-11-5-2-6-12-30/h1-6,9-12,15-22,27-28,39-40H,7-8,13-14,23-26H2,(H,43,45)(H,44,46). The molecule has 0 bridgehead atoms. The zero-order valence-corrected chi connectivity index (χ0v) is 28.0. The fraction of sp³-hybridized carbons (Fsp3) is 0.238. The summed E-state index contributed by atoms with van der Waals surface area (Å²) in [6, 6.07) is 41.0. The number of carbonyl (C=O) groups excluding carboxylic acids is 2. The van der Waals surface area contributed by atoms with Crippen molar-refractivity contribution in [3.8, 4) is 33.6 Å². The summed E-state index contributed by atoms with van der Waals surface area (Å²) in [6.07, 6.45) is 4.68. The van der Waals surface area contributed by atoms with Gasteiger partial charge in [0.25, 0.3) is 0 Å². The molecule has 0 spiro atoms. The molecule has 2 saturated heterocycles. The van der Waals surface area contributed by atoms with Crippen molar-refractivity contribution in [3.05, 3.63) is 144 Å². The van der Waals surface area contributed by atoms with Gasteiger partial charge in [-0.05, 0) is 60.1 Å². The third kappa shape index (κ3) is 6.61. The largest absolute Gasteiger partial charge is 0.334 e. The molecule has 8 heteroatoms. The summed E-state index contributed by atoms with van der Waals surface area (Å²) >= 11 is 0. The monoisotopic (exact) mass is 660 g/mol. The molecule has 0 aliphatic carbocycles. The summed E-state index contributed by atoms with van der Waals surface area (Å²) in [4.78, 5) is 30.3. The lowest BCUT2D eigenvalue weighted by molar-refractivity contribution is -0.132. The van der Waals surface area contributed by atoms with Gasteiger partial charge in [0.15, 0.2) is 0 Å². The number of benzene rings is 4. The maximum atomic E-state index is 13.2. The highest BCUT2D eigenvalue weighted by Crippen LogP contribution is 2.35. The number of hydrogen-bond donors (Lipinski definition) is 2. The van der Waals surface area contributed by atoms with Gasteiger partial charge < -0.3 is 9.80 Å². The van der Waals surface area contributed by atoms with E-state index in [-0.39, 0.29) is 23.9 Å². The average Bonchev–Trinajstić information content (AvgIpc) is 3.99. The molecule has 4 heterocycles. The molecule has 2 aliphatic heterocycles. The van der Waals surface area contributed by atoms with Crippen LogP contribution < -0.4 is 0 Å². The van der Waals surface area contributed by atoms with Crippen molar-refractivity contribution in [1.82, 2.24) is 30.2 Å². The van der Waals surface area contributed by atoms with Crippen molar-refractivity contribution >= 4 is 11.8 Å². The van der Waals surface area contributed by atoms with E-state index in [1.54, 1.807) is 0 Å². The van der Waals surface area contributed by atoms with Crippen molar-refractivity contribution in [2.24, 2.45) is 0 Å². The van der Waals surface area contributed by atoms with E-state index in [1.807, 2.05) is 70.5 Å². The van der Waals surface area contributed by atoms with Crippen LogP contribution in [0.5, 0.6) is 0 Å². The van der Waals surface area contributed by atoms with E-state index in [9.17, 15) is 9.59 Å². The fourth-order valence-corrected chi connectivity index (χ4v) is 7.50. The van der Waals surface area contributed by atoms with Crippen molar-refractivity contribution < 1.29 is 9.59 Å². The molecule has 0 saturated carbocycles. The average molecular weight is 661 g/mol. The molecule has 50 heavy (non-hydrogen) atoms. The molecule has 2 atom stereocenters. The van der Waals surface area contributed by atoms with Crippen molar-refractivity contribution in [2.45, 2.75) is 50.6 Å². The van der Waals surface area contributed by atoms with Gasteiger partial charge in [-0.15, -0.1) is 0 Å². The number of likely N-dealkylation sites (tertiary alicyclic amines) is 2. The second kappa shape index (κ2) is 14.0. The van der Waals surface area contributed by atoms with E-state index in [0.717, 1.165) is 94.9 Å². The van der Waals surface area contributed by atoms with Crippen LogP contribution in [0.4, 0.5) is 0 Å². The molecule has 8 nitrogen and oxygen atoms in total. The Labute approximate surface area is 292 Å². The number of H-pyrrole nitrogens is 2. The third-order valence-electron chi connectivity index (χ3n) is 10.2. The van der Waals surface area contributed by atoms with Gasteiger partial charge in [0.05, 0.1) is 47.7 Å².